The van der Waals surface area contributed by atoms with Crippen molar-refractivity contribution in [2.45, 2.75) is 19.7 Å². The quantitative estimate of drug-likeness (QED) is 0.776. The van der Waals surface area contributed by atoms with Crippen LogP contribution in [0.3, 0.4) is 0 Å². The molecule has 0 unspecified atom stereocenters. The first-order chi connectivity index (χ1) is 7.11. The Kier molecular flexibility index (Phi) is 2.83. The molecule has 2 rings (SSSR count). The topological polar surface area (TPSA) is 60.8 Å². The van der Waals surface area contributed by atoms with E-state index in [9.17, 15) is 4.79 Å². The summed E-state index contributed by atoms with van der Waals surface area (Å²) in [7, 11) is 0. The SMILES string of the molecule is O=C(O)N1Cc2cc(I)c(CO)cc2C1. The third kappa shape index (κ3) is 1.93. The van der Waals surface area contributed by atoms with Crippen LogP contribution >= 0.6 is 22.6 Å². The fraction of sp³-hybridized carbons (Fsp3) is 0.300. The molecule has 1 heterocycles. The highest BCUT2D eigenvalue weighted by molar-refractivity contribution is 14.1. The number of rotatable bonds is 1. The third-order valence-corrected chi connectivity index (χ3v) is 3.54. The van der Waals surface area contributed by atoms with E-state index in [0.717, 1.165) is 20.3 Å². The van der Waals surface area contributed by atoms with Gasteiger partial charge in [0.25, 0.3) is 0 Å². The van der Waals surface area contributed by atoms with Gasteiger partial charge in [-0.05, 0) is 45.3 Å². The highest BCUT2D eigenvalue weighted by Gasteiger charge is 2.23. The Bertz CT molecular complexity index is 419. The van der Waals surface area contributed by atoms with Gasteiger partial charge < -0.3 is 10.2 Å². The minimum absolute atomic E-state index is 0.00136. The summed E-state index contributed by atoms with van der Waals surface area (Å²) < 4.78 is 0.987. The van der Waals surface area contributed by atoms with Crippen molar-refractivity contribution in [2.24, 2.45) is 0 Å². The van der Waals surface area contributed by atoms with E-state index < -0.39 is 6.09 Å². The van der Waals surface area contributed by atoms with E-state index in [4.69, 9.17) is 10.2 Å². The van der Waals surface area contributed by atoms with Gasteiger partial charge in [-0.25, -0.2) is 4.79 Å². The molecular formula is C10H10INO3. The van der Waals surface area contributed by atoms with Crippen LogP contribution in [0.4, 0.5) is 4.79 Å². The van der Waals surface area contributed by atoms with E-state index in [-0.39, 0.29) is 6.61 Å². The maximum Gasteiger partial charge on any atom is 0.407 e. The molecule has 0 saturated carbocycles. The average Bonchev–Trinajstić information content (AvgIpc) is 2.59. The molecule has 4 nitrogen and oxygen atoms in total. The molecule has 0 radical (unpaired) electrons. The summed E-state index contributed by atoms with van der Waals surface area (Å²) >= 11 is 2.15. The van der Waals surface area contributed by atoms with Crippen LogP contribution in [0.15, 0.2) is 12.1 Å². The molecule has 5 heteroatoms. The summed E-state index contributed by atoms with van der Waals surface area (Å²) in [6.07, 6.45) is -0.897. The fourth-order valence-electron chi connectivity index (χ4n) is 1.73. The molecule has 80 valence electrons. The molecule has 1 aromatic rings. The normalized spacial score (nSPS) is 14.1. The second-order valence-electron chi connectivity index (χ2n) is 3.51. The van der Waals surface area contributed by atoms with Crippen molar-refractivity contribution in [3.63, 3.8) is 0 Å². The van der Waals surface area contributed by atoms with Crippen molar-refractivity contribution in [3.05, 3.63) is 32.4 Å². The minimum atomic E-state index is -0.897. The van der Waals surface area contributed by atoms with E-state index >= 15 is 0 Å². The summed E-state index contributed by atoms with van der Waals surface area (Å²) in [5.41, 5.74) is 2.91. The number of carbonyl (C=O) groups is 1. The van der Waals surface area contributed by atoms with Crippen molar-refractivity contribution >= 4 is 28.7 Å². The molecule has 1 amide bonds. The molecule has 0 bridgehead atoms. The van der Waals surface area contributed by atoms with E-state index in [1.54, 1.807) is 0 Å². The second kappa shape index (κ2) is 3.97. The fourth-order valence-corrected chi connectivity index (χ4v) is 2.43. The minimum Gasteiger partial charge on any atom is -0.465 e. The molecule has 0 atom stereocenters. The zero-order valence-corrected chi connectivity index (χ0v) is 10.1. The van der Waals surface area contributed by atoms with Crippen LogP contribution in [0, 0.1) is 3.57 Å². The number of amides is 1. The number of hydrogen-bond donors (Lipinski definition) is 2. The Morgan fingerprint density at radius 3 is 2.53 bits per heavy atom. The van der Waals surface area contributed by atoms with Gasteiger partial charge in [0.05, 0.1) is 6.61 Å². The molecule has 0 spiro atoms. The number of nitrogens with zero attached hydrogens (tertiary/aromatic N) is 1. The Labute approximate surface area is 101 Å². The van der Waals surface area contributed by atoms with E-state index in [2.05, 4.69) is 22.6 Å². The molecule has 0 aromatic heterocycles. The smallest absolute Gasteiger partial charge is 0.407 e. The van der Waals surface area contributed by atoms with Gasteiger partial charge in [0.1, 0.15) is 0 Å². The van der Waals surface area contributed by atoms with Crippen molar-refractivity contribution < 1.29 is 15.0 Å². The van der Waals surface area contributed by atoms with Gasteiger partial charge in [-0.15, -0.1) is 0 Å². The van der Waals surface area contributed by atoms with Gasteiger partial charge in [0, 0.05) is 16.7 Å². The lowest BCUT2D eigenvalue weighted by Crippen LogP contribution is -2.22. The summed E-state index contributed by atoms with van der Waals surface area (Å²) in [6.45, 7) is 0.875. The van der Waals surface area contributed by atoms with Gasteiger partial charge in [-0.1, -0.05) is 6.07 Å². The summed E-state index contributed by atoms with van der Waals surface area (Å²) in [6, 6.07) is 3.84. The van der Waals surface area contributed by atoms with Crippen LogP contribution in [-0.2, 0) is 19.7 Å². The van der Waals surface area contributed by atoms with Gasteiger partial charge in [0.15, 0.2) is 0 Å². The Morgan fingerprint density at radius 2 is 2.00 bits per heavy atom. The van der Waals surface area contributed by atoms with Crippen LogP contribution in [0.5, 0.6) is 0 Å². The number of hydrogen-bond acceptors (Lipinski definition) is 2. The lowest BCUT2D eigenvalue weighted by Gasteiger charge is -2.08. The molecule has 1 aliphatic heterocycles. The molecule has 1 aliphatic rings. The lowest BCUT2D eigenvalue weighted by molar-refractivity contribution is 0.145. The predicted molar refractivity (Wildman–Crippen MR) is 62.4 cm³/mol. The second-order valence-corrected chi connectivity index (χ2v) is 4.67. The van der Waals surface area contributed by atoms with E-state index in [1.807, 2.05) is 12.1 Å². The van der Waals surface area contributed by atoms with E-state index in [0.29, 0.717) is 13.1 Å². The Hall–Kier alpha value is -0.820. The number of carboxylic acid groups (broad SMARTS) is 1. The highest BCUT2D eigenvalue weighted by atomic mass is 127. The standard InChI is InChI=1S/C10H10INO3/c11-9-2-7-4-12(10(14)15)3-6(7)1-8(9)5-13/h1-2,13H,3-5H2,(H,14,15). The van der Waals surface area contributed by atoms with Gasteiger partial charge in [-0.2, -0.15) is 0 Å². The first-order valence-corrected chi connectivity index (χ1v) is 5.58. The maximum atomic E-state index is 10.8. The molecule has 1 aromatic carbocycles. The third-order valence-electron chi connectivity index (χ3n) is 2.53. The number of fused-ring (bicyclic) bond motifs is 1. The summed E-state index contributed by atoms with van der Waals surface area (Å²) in [5, 5.41) is 17.9. The van der Waals surface area contributed by atoms with Crippen molar-refractivity contribution in [2.75, 3.05) is 0 Å². The first kappa shape index (κ1) is 10.7. The van der Waals surface area contributed by atoms with Crippen LogP contribution < -0.4 is 0 Å². The Balaban J connectivity index is 2.35. The monoisotopic (exact) mass is 319 g/mol. The highest BCUT2D eigenvalue weighted by Crippen LogP contribution is 2.27. The maximum absolute atomic E-state index is 10.8. The van der Waals surface area contributed by atoms with Crippen molar-refractivity contribution in [1.29, 1.82) is 0 Å². The van der Waals surface area contributed by atoms with Gasteiger partial charge in [0.2, 0.25) is 0 Å². The predicted octanol–water partition coefficient (Wildman–Crippen LogP) is 1.78. The molecule has 2 N–H and O–H groups in total. The first-order valence-electron chi connectivity index (χ1n) is 4.50. The van der Waals surface area contributed by atoms with Crippen LogP contribution in [0.1, 0.15) is 16.7 Å². The number of halogens is 1. The number of aliphatic hydroxyl groups is 1. The molecular weight excluding hydrogens is 309 g/mol. The number of aliphatic hydroxyl groups excluding tert-OH is 1. The van der Waals surface area contributed by atoms with E-state index in [1.165, 1.54) is 4.90 Å². The van der Waals surface area contributed by atoms with Gasteiger partial charge in [-0.3, -0.25) is 4.90 Å². The van der Waals surface area contributed by atoms with Gasteiger partial charge >= 0.3 is 6.09 Å². The zero-order chi connectivity index (χ0) is 11.0. The summed E-state index contributed by atoms with van der Waals surface area (Å²) in [4.78, 5) is 12.1. The summed E-state index contributed by atoms with van der Waals surface area (Å²) in [5.74, 6) is 0. The lowest BCUT2D eigenvalue weighted by atomic mass is 10.1. The Morgan fingerprint density at radius 1 is 1.40 bits per heavy atom. The molecule has 0 fully saturated rings. The molecule has 15 heavy (non-hydrogen) atoms. The van der Waals surface area contributed by atoms with Crippen LogP contribution in [0.25, 0.3) is 0 Å². The average molecular weight is 319 g/mol. The van der Waals surface area contributed by atoms with Crippen LogP contribution in [-0.4, -0.2) is 21.2 Å². The van der Waals surface area contributed by atoms with Crippen molar-refractivity contribution in [1.82, 2.24) is 4.90 Å². The molecule has 0 saturated heterocycles. The zero-order valence-electron chi connectivity index (χ0n) is 7.90. The molecule has 0 aliphatic carbocycles. The number of benzene rings is 1. The van der Waals surface area contributed by atoms with Crippen molar-refractivity contribution in [3.8, 4) is 0 Å². The van der Waals surface area contributed by atoms with Crippen LogP contribution in [0.2, 0.25) is 0 Å². The largest absolute Gasteiger partial charge is 0.465 e.